The molecule has 2 aromatic carbocycles. The number of rotatable bonds is 7. The summed E-state index contributed by atoms with van der Waals surface area (Å²) in [6.45, 7) is 4.87. The Kier molecular flexibility index (Phi) is 6.69. The summed E-state index contributed by atoms with van der Waals surface area (Å²) >= 11 is 0. The Hall–Kier alpha value is -2.29. The second kappa shape index (κ2) is 8.60. The highest BCUT2D eigenvalue weighted by Gasteiger charge is 2.30. The molecule has 2 rings (SSSR count). The van der Waals surface area contributed by atoms with Crippen molar-refractivity contribution in [1.82, 2.24) is 4.72 Å². The van der Waals surface area contributed by atoms with Crippen LogP contribution in [0.15, 0.2) is 59.5 Å². The van der Waals surface area contributed by atoms with Gasteiger partial charge in [-0.1, -0.05) is 30.3 Å². The van der Waals surface area contributed by atoms with Gasteiger partial charge in [0.2, 0.25) is 16.3 Å². The quantitative estimate of drug-likeness (QED) is 0.576. The van der Waals surface area contributed by atoms with Crippen molar-refractivity contribution in [3.05, 3.63) is 66.0 Å². The number of halogens is 1. The normalized spacial score (nSPS) is 13.2. The first-order chi connectivity index (χ1) is 12.6. The Morgan fingerprint density at radius 1 is 1.07 bits per heavy atom. The smallest absolute Gasteiger partial charge is 0.352 e. The van der Waals surface area contributed by atoms with E-state index in [9.17, 15) is 17.6 Å². The van der Waals surface area contributed by atoms with Gasteiger partial charge in [0.05, 0.1) is 11.5 Å². The zero-order chi connectivity index (χ0) is 20.1. The van der Waals surface area contributed by atoms with E-state index in [0.29, 0.717) is 5.56 Å². The van der Waals surface area contributed by atoms with Crippen LogP contribution >= 0.6 is 0 Å². The Bertz CT molecular complexity index is 861. The highest BCUT2D eigenvalue weighted by Crippen LogP contribution is 2.14. The fourth-order valence-electron chi connectivity index (χ4n) is 2.07. The van der Waals surface area contributed by atoms with Crippen molar-refractivity contribution in [3.8, 4) is 0 Å². The molecule has 27 heavy (non-hydrogen) atoms. The van der Waals surface area contributed by atoms with Gasteiger partial charge in [-0.3, -0.25) is 0 Å². The lowest BCUT2D eigenvalue weighted by Crippen LogP contribution is -2.45. The number of carbonyl (C=O) groups is 1. The molecule has 1 N–H and O–H groups in total. The molecule has 0 fully saturated rings. The second-order valence-corrected chi connectivity index (χ2v) is 8.50. The molecule has 0 aliphatic carbocycles. The summed E-state index contributed by atoms with van der Waals surface area (Å²) in [5.74, 6) is -1.28. The van der Waals surface area contributed by atoms with E-state index in [1.165, 1.54) is 36.4 Å². The maximum absolute atomic E-state index is 13.0. The molecule has 2 aromatic rings. The minimum Gasteiger partial charge on any atom is -0.457 e. The topological polar surface area (TPSA) is 81.7 Å². The molecule has 0 aromatic heterocycles. The maximum Gasteiger partial charge on any atom is 0.352 e. The van der Waals surface area contributed by atoms with Crippen molar-refractivity contribution >= 4 is 16.0 Å². The third kappa shape index (κ3) is 6.74. The zero-order valence-corrected chi connectivity index (χ0v) is 16.1. The van der Waals surface area contributed by atoms with Crippen molar-refractivity contribution < 1.29 is 27.1 Å². The minimum atomic E-state index is -4.01. The molecule has 0 aliphatic rings. The SMILES string of the molecule is CC(C)(C)OC(=O)C(NS(=O)(=O)c1ccccc1)OCc1ccc(F)cc1. The molecule has 1 atom stereocenters. The van der Waals surface area contributed by atoms with Gasteiger partial charge in [0.25, 0.3) is 0 Å². The Morgan fingerprint density at radius 2 is 1.67 bits per heavy atom. The van der Waals surface area contributed by atoms with Gasteiger partial charge in [0, 0.05) is 0 Å². The van der Waals surface area contributed by atoms with Crippen LogP contribution < -0.4 is 4.72 Å². The standard InChI is InChI=1S/C19H22FNO5S/c1-19(2,3)26-18(22)17(25-13-14-9-11-15(20)12-10-14)21-27(23,24)16-7-5-4-6-8-16/h4-12,17,21H,13H2,1-3H3. The average molecular weight is 395 g/mol. The summed E-state index contributed by atoms with van der Waals surface area (Å²) in [4.78, 5) is 12.4. The fourth-order valence-corrected chi connectivity index (χ4v) is 3.17. The molecule has 0 spiro atoms. The predicted molar refractivity (Wildman–Crippen MR) is 97.6 cm³/mol. The van der Waals surface area contributed by atoms with E-state index in [1.54, 1.807) is 39.0 Å². The number of carbonyl (C=O) groups excluding carboxylic acids is 1. The first-order valence-electron chi connectivity index (χ1n) is 8.23. The van der Waals surface area contributed by atoms with Crippen molar-refractivity contribution in [2.24, 2.45) is 0 Å². The Morgan fingerprint density at radius 3 is 2.22 bits per heavy atom. The van der Waals surface area contributed by atoms with E-state index in [2.05, 4.69) is 4.72 Å². The highest BCUT2D eigenvalue weighted by atomic mass is 32.2. The molecule has 0 bridgehead atoms. The molecule has 6 nitrogen and oxygen atoms in total. The van der Waals surface area contributed by atoms with Gasteiger partial charge >= 0.3 is 5.97 Å². The Labute approximate surface area is 158 Å². The monoisotopic (exact) mass is 395 g/mol. The lowest BCUT2D eigenvalue weighted by Gasteiger charge is -2.24. The van der Waals surface area contributed by atoms with Crippen molar-refractivity contribution in [3.63, 3.8) is 0 Å². The van der Waals surface area contributed by atoms with Crippen LogP contribution in [0.2, 0.25) is 0 Å². The zero-order valence-electron chi connectivity index (χ0n) is 15.3. The summed E-state index contributed by atoms with van der Waals surface area (Å²) in [7, 11) is -4.01. The average Bonchev–Trinajstić information content (AvgIpc) is 2.59. The summed E-state index contributed by atoms with van der Waals surface area (Å²) in [6.07, 6.45) is -1.56. The van der Waals surface area contributed by atoms with Gasteiger partial charge in [-0.25, -0.2) is 17.6 Å². The summed E-state index contributed by atoms with van der Waals surface area (Å²) in [5.41, 5.74) is -0.254. The number of benzene rings is 2. The molecule has 0 aliphatic heterocycles. The van der Waals surface area contributed by atoms with Gasteiger partial charge in [-0.2, -0.15) is 4.72 Å². The number of nitrogens with one attached hydrogen (secondary N) is 1. The molecular weight excluding hydrogens is 373 g/mol. The molecule has 0 heterocycles. The van der Waals surface area contributed by atoms with Crippen molar-refractivity contribution in [1.29, 1.82) is 0 Å². The van der Waals surface area contributed by atoms with Crippen molar-refractivity contribution in [2.75, 3.05) is 0 Å². The molecule has 0 amide bonds. The molecular formula is C19H22FNO5S. The highest BCUT2D eigenvalue weighted by molar-refractivity contribution is 7.89. The number of hydrogen-bond donors (Lipinski definition) is 1. The van der Waals surface area contributed by atoms with Crippen LogP contribution in [0, 0.1) is 5.82 Å². The summed E-state index contributed by atoms with van der Waals surface area (Å²) < 4.78 is 50.9. The van der Waals surface area contributed by atoms with E-state index >= 15 is 0 Å². The molecule has 1 unspecified atom stereocenters. The van der Waals surface area contributed by atoms with E-state index < -0.39 is 33.6 Å². The molecule has 146 valence electrons. The van der Waals surface area contributed by atoms with E-state index in [1.807, 2.05) is 0 Å². The van der Waals surface area contributed by atoms with Gasteiger partial charge in [0.15, 0.2) is 0 Å². The van der Waals surface area contributed by atoms with Crippen LogP contribution in [0.5, 0.6) is 0 Å². The van der Waals surface area contributed by atoms with Crippen LogP contribution in [0.3, 0.4) is 0 Å². The third-order valence-electron chi connectivity index (χ3n) is 3.27. The fraction of sp³-hybridized carbons (Fsp3) is 0.316. The number of ether oxygens (including phenoxy) is 2. The van der Waals surface area contributed by atoms with Gasteiger partial charge in [0.1, 0.15) is 11.4 Å². The molecule has 0 saturated carbocycles. The van der Waals surface area contributed by atoms with E-state index in [-0.39, 0.29) is 11.5 Å². The van der Waals surface area contributed by atoms with Crippen LogP contribution in [0.25, 0.3) is 0 Å². The van der Waals surface area contributed by atoms with E-state index in [4.69, 9.17) is 9.47 Å². The predicted octanol–water partition coefficient (Wildman–Crippen LogP) is 2.99. The van der Waals surface area contributed by atoms with E-state index in [0.717, 1.165) is 0 Å². The Balaban J connectivity index is 2.18. The number of sulfonamides is 1. The van der Waals surface area contributed by atoms with Gasteiger partial charge in [-0.05, 0) is 50.6 Å². The van der Waals surface area contributed by atoms with Gasteiger partial charge in [-0.15, -0.1) is 0 Å². The van der Waals surface area contributed by atoms with Gasteiger partial charge < -0.3 is 9.47 Å². The van der Waals surface area contributed by atoms with Crippen LogP contribution in [-0.4, -0.2) is 26.2 Å². The lowest BCUT2D eigenvalue weighted by molar-refractivity contribution is -0.170. The first kappa shape index (κ1) is 21.0. The summed E-state index contributed by atoms with van der Waals surface area (Å²) in [5, 5.41) is 0. The first-order valence-corrected chi connectivity index (χ1v) is 9.71. The maximum atomic E-state index is 13.0. The molecule has 0 saturated heterocycles. The van der Waals surface area contributed by atoms with Crippen LogP contribution in [-0.2, 0) is 30.9 Å². The summed E-state index contributed by atoms with van der Waals surface area (Å²) in [6, 6.07) is 13.1. The van der Waals surface area contributed by atoms with Crippen LogP contribution in [0.1, 0.15) is 26.3 Å². The molecule has 8 heteroatoms. The second-order valence-electron chi connectivity index (χ2n) is 6.79. The number of hydrogen-bond acceptors (Lipinski definition) is 5. The largest absolute Gasteiger partial charge is 0.457 e. The number of esters is 1. The van der Waals surface area contributed by atoms with Crippen LogP contribution in [0.4, 0.5) is 4.39 Å². The lowest BCUT2D eigenvalue weighted by atomic mass is 10.2. The van der Waals surface area contributed by atoms with Crippen molar-refractivity contribution in [2.45, 2.75) is 44.1 Å². The molecule has 0 radical (unpaired) electrons. The minimum absolute atomic E-state index is 0.0102. The third-order valence-corrected chi connectivity index (χ3v) is 4.68.